The normalized spacial score (nSPS) is 24.9. The molecule has 0 aliphatic heterocycles. The van der Waals surface area contributed by atoms with Crippen LogP contribution in [0.25, 0.3) is 0 Å². The fourth-order valence-electron chi connectivity index (χ4n) is 2.73. The first-order chi connectivity index (χ1) is 8.19. The Labute approximate surface area is 105 Å². The highest BCUT2D eigenvalue weighted by atomic mass is 15.3. The van der Waals surface area contributed by atoms with Gasteiger partial charge in [-0.3, -0.25) is 4.68 Å². The van der Waals surface area contributed by atoms with Crippen LogP contribution in [0.3, 0.4) is 0 Å². The fraction of sp³-hybridized carbons (Fsp3) is 0.786. The molecule has 0 saturated heterocycles. The van der Waals surface area contributed by atoms with Gasteiger partial charge in [-0.2, -0.15) is 5.10 Å². The van der Waals surface area contributed by atoms with Crippen LogP contribution in [0.4, 0.5) is 0 Å². The lowest BCUT2D eigenvalue weighted by Crippen LogP contribution is -2.31. The smallest absolute Gasteiger partial charge is 0.0624 e. The molecule has 0 spiro atoms. The Kier molecular flexibility index (Phi) is 3.87. The van der Waals surface area contributed by atoms with Gasteiger partial charge in [0.2, 0.25) is 0 Å². The lowest BCUT2D eigenvalue weighted by Gasteiger charge is -2.16. The summed E-state index contributed by atoms with van der Waals surface area (Å²) in [6, 6.07) is 2.90. The molecule has 1 N–H and O–H groups in total. The topological polar surface area (TPSA) is 29.9 Å². The van der Waals surface area contributed by atoms with Crippen LogP contribution >= 0.6 is 0 Å². The van der Waals surface area contributed by atoms with E-state index in [-0.39, 0.29) is 0 Å². The molecule has 3 unspecified atom stereocenters. The highest BCUT2D eigenvalue weighted by Crippen LogP contribution is 2.41. The van der Waals surface area contributed by atoms with Gasteiger partial charge in [0.1, 0.15) is 0 Å². The van der Waals surface area contributed by atoms with Crippen LogP contribution in [0.1, 0.15) is 38.6 Å². The second-order valence-corrected chi connectivity index (χ2v) is 5.27. The van der Waals surface area contributed by atoms with E-state index in [2.05, 4.69) is 49.0 Å². The summed E-state index contributed by atoms with van der Waals surface area (Å²) in [6.07, 6.45) is 3.53. The Hall–Kier alpha value is -0.830. The first kappa shape index (κ1) is 12.6. The van der Waals surface area contributed by atoms with Crippen molar-refractivity contribution in [3.63, 3.8) is 0 Å². The van der Waals surface area contributed by atoms with E-state index in [1.807, 2.05) is 0 Å². The van der Waals surface area contributed by atoms with Gasteiger partial charge in [-0.25, -0.2) is 0 Å². The second-order valence-electron chi connectivity index (χ2n) is 5.27. The lowest BCUT2D eigenvalue weighted by atomic mass is 10.0. The molecular weight excluding hydrogens is 210 g/mol. The summed E-state index contributed by atoms with van der Waals surface area (Å²) in [5.41, 5.74) is 2.61. The maximum Gasteiger partial charge on any atom is 0.0624 e. The largest absolute Gasteiger partial charge is 0.316 e. The van der Waals surface area contributed by atoms with Crippen molar-refractivity contribution in [1.82, 2.24) is 15.1 Å². The molecule has 1 aliphatic rings. The van der Waals surface area contributed by atoms with Crippen molar-refractivity contribution in [1.29, 1.82) is 0 Å². The lowest BCUT2D eigenvalue weighted by molar-refractivity contribution is 0.460. The van der Waals surface area contributed by atoms with Crippen molar-refractivity contribution in [2.24, 2.45) is 11.8 Å². The van der Waals surface area contributed by atoms with Crippen molar-refractivity contribution >= 4 is 0 Å². The molecule has 1 aromatic rings. The van der Waals surface area contributed by atoms with Crippen LogP contribution < -0.4 is 5.32 Å². The average molecular weight is 235 g/mol. The molecule has 3 atom stereocenters. The van der Waals surface area contributed by atoms with Crippen LogP contribution in [0.5, 0.6) is 0 Å². The van der Waals surface area contributed by atoms with Crippen molar-refractivity contribution in [3.05, 3.63) is 17.5 Å². The van der Waals surface area contributed by atoms with Gasteiger partial charge in [-0.05, 0) is 44.7 Å². The molecule has 0 aromatic carbocycles. The maximum absolute atomic E-state index is 4.62. The monoisotopic (exact) mass is 235 g/mol. The highest BCUT2D eigenvalue weighted by molar-refractivity contribution is 5.13. The van der Waals surface area contributed by atoms with Gasteiger partial charge in [-0.15, -0.1) is 0 Å². The summed E-state index contributed by atoms with van der Waals surface area (Å²) >= 11 is 0. The molecule has 1 heterocycles. The molecule has 0 radical (unpaired) electrons. The third kappa shape index (κ3) is 2.71. The maximum atomic E-state index is 4.62. The molecule has 2 rings (SSSR count). The Morgan fingerprint density at radius 2 is 2.24 bits per heavy atom. The molecule has 17 heavy (non-hydrogen) atoms. The van der Waals surface area contributed by atoms with Crippen LogP contribution in [0.15, 0.2) is 6.07 Å². The first-order valence-corrected chi connectivity index (χ1v) is 6.92. The van der Waals surface area contributed by atoms with Crippen LogP contribution in [-0.4, -0.2) is 22.9 Å². The third-order valence-corrected chi connectivity index (χ3v) is 4.06. The predicted octanol–water partition coefficient (Wildman–Crippen LogP) is 2.25. The van der Waals surface area contributed by atoms with Crippen molar-refractivity contribution < 1.29 is 0 Å². The van der Waals surface area contributed by atoms with E-state index in [0.29, 0.717) is 6.04 Å². The number of nitrogens with one attached hydrogen (secondary N) is 1. The zero-order valence-electron chi connectivity index (χ0n) is 11.5. The summed E-state index contributed by atoms with van der Waals surface area (Å²) in [4.78, 5) is 0. The van der Waals surface area contributed by atoms with Crippen LogP contribution in [0.2, 0.25) is 0 Å². The van der Waals surface area contributed by atoms with Crippen molar-refractivity contribution in [2.45, 2.75) is 52.6 Å². The minimum absolute atomic E-state index is 0.622. The van der Waals surface area contributed by atoms with E-state index in [1.54, 1.807) is 0 Å². The van der Waals surface area contributed by atoms with Gasteiger partial charge in [-0.1, -0.05) is 13.8 Å². The van der Waals surface area contributed by atoms with Crippen molar-refractivity contribution in [3.8, 4) is 0 Å². The summed E-state index contributed by atoms with van der Waals surface area (Å²) < 4.78 is 2.16. The second kappa shape index (κ2) is 5.21. The zero-order chi connectivity index (χ0) is 12.4. The molecule has 1 fully saturated rings. The summed E-state index contributed by atoms with van der Waals surface area (Å²) in [5.74, 6) is 1.77. The van der Waals surface area contributed by atoms with Gasteiger partial charge in [0.05, 0.1) is 5.69 Å². The number of aryl methyl sites for hydroxylation is 2. The van der Waals surface area contributed by atoms with Gasteiger partial charge >= 0.3 is 0 Å². The number of hydrogen-bond acceptors (Lipinski definition) is 2. The number of likely N-dealkylation sites (N-methyl/N-ethyl adjacent to an activating group) is 1. The standard InChI is InChI=1S/C14H25N3/c1-5-11-8-12(17(6-2)16-11)9-14(15-4)13-7-10(13)3/h8,10,13-15H,5-7,9H2,1-4H3. The molecule has 1 saturated carbocycles. The number of nitrogens with zero attached hydrogens (tertiary/aromatic N) is 2. The van der Waals surface area contributed by atoms with E-state index >= 15 is 0 Å². The molecule has 0 bridgehead atoms. The van der Waals surface area contributed by atoms with E-state index in [1.165, 1.54) is 17.8 Å². The zero-order valence-corrected chi connectivity index (χ0v) is 11.5. The molecule has 1 aliphatic carbocycles. The van der Waals surface area contributed by atoms with Gasteiger partial charge < -0.3 is 5.32 Å². The Morgan fingerprint density at radius 3 is 2.71 bits per heavy atom. The van der Waals surface area contributed by atoms with E-state index < -0.39 is 0 Å². The Balaban J connectivity index is 2.07. The van der Waals surface area contributed by atoms with E-state index in [4.69, 9.17) is 0 Å². The minimum atomic E-state index is 0.622. The average Bonchev–Trinajstić information content (AvgIpc) is 2.93. The Morgan fingerprint density at radius 1 is 1.53 bits per heavy atom. The minimum Gasteiger partial charge on any atom is -0.316 e. The molecular formula is C14H25N3. The summed E-state index contributed by atoms with van der Waals surface area (Å²) in [7, 11) is 2.09. The van der Waals surface area contributed by atoms with Gasteiger partial charge in [0.25, 0.3) is 0 Å². The third-order valence-electron chi connectivity index (χ3n) is 4.06. The molecule has 3 nitrogen and oxygen atoms in total. The number of aromatic nitrogens is 2. The van der Waals surface area contributed by atoms with E-state index in [0.717, 1.165) is 31.2 Å². The highest BCUT2D eigenvalue weighted by Gasteiger charge is 2.38. The van der Waals surface area contributed by atoms with Gasteiger partial charge in [0.15, 0.2) is 0 Å². The van der Waals surface area contributed by atoms with Crippen molar-refractivity contribution in [2.75, 3.05) is 7.05 Å². The first-order valence-electron chi connectivity index (χ1n) is 6.92. The Bertz CT molecular complexity index is 370. The molecule has 3 heteroatoms. The molecule has 0 amide bonds. The quantitative estimate of drug-likeness (QED) is 0.819. The van der Waals surface area contributed by atoms with Crippen LogP contribution in [0, 0.1) is 11.8 Å². The number of hydrogen-bond donors (Lipinski definition) is 1. The summed E-state index contributed by atoms with van der Waals surface area (Å²) in [6.45, 7) is 7.67. The molecule has 1 aromatic heterocycles. The van der Waals surface area contributed by atoms with Gasteiger partial charge in [0, 0.05) is 24.7 Å². The van der Waals surface area contributed by atoms with Crippen LogP contribution in [-0.2, 0) is 19.4 Å². The molecule has 96 valence electrons. The number of rotatable bonds is 6. The van der Waals surface area contributed by atoms with E-state index in [9.17, 15) is 0 Å². The summed E-state index contributed by atoms with van der Waals surface area (Å²) in [5, 5.41) is 8.10. The SMILES string of the molecule is CCc1cc(CC(NC)C2CC2C)n(CC)n1. The fourth-order valence-corrected chi connectivity index (χ4v) is 2.73. The predicted molar refractivity (Wildman–Crippen MR) is 71.1 cm³/mol.